The third-order valence-electron chi connectivity index (χ3n) is 3.59. The lowest BCUT2D eigenvalue weighted by atomic mass is 10.1. The van der Waals surface area contributed by atoms with Gasteiger partial charge in [0.05, 0.1) is 12.5 Å². The van der Waals surface area contributed by atoms with Gasteiger partial charge < -0.3 is 9.64 Å². The molecule has 1 heterocycles. The highest BCUT2D eigenvalue weighted by Gasteiger charge is 2.35. The zero-order valence-electron chi connectivity index (χ0n) is 13.8. The SMILES string of the molecule is CC(C)(C)OC(=O)N1CCC(C(=O)N(Cl)Cc2ccccc2)C1. The van der Waals surface area contributed by atoms with Crippen molar-refractivity contribution in [1.29, 1.82) is 0 Å². The molecule has 0 saturated carbocycles. The zero-order valence-corrected chi connectivity index (χ0v) is 14.5. The van der Waals surface area contributed by atoms with Gasteiger partial charge in [0, 0.05) is 24.9 Å². The van der Waals surface area contributed by atoms with E-state index in [0.717, 1.165) is 5.56 Å². The summed E-state index contributed by atoms with van der Waals surface area (Å²) in [6.07, 6.45) is 0.229. The van der Waals surface area contributed by atoms with Crippen molar-refractivity contribution in [3.8, 4) is 0 Å². The third kappa shape index (κ3) is 5.13. The second kappa shape index (κ2) is 7.21. The van der Waals surface area contributed by atoms with Gasteiger partial charge in [0.2, 0.25) is 5.91 Å². The molecule has 1 saturated heterocycles. The first-order valence-electron chi connectivity index (χ1n) is 7.75. The Morgan fingerprint density at radius 3 is 2.57 bits per heavy atom. The van der Waals surface area contributed by atoms with Gasteiger partial charge in [0.25, 0.3) is 0 Å². The number of hydrogen-bond acceptors (Lipinski definition) is 3. The van der Waals surface area contributed by atoms with Crippen molar-refractivity contribution in [3.63, 3.8) is 0 Å². The molecule has 0 bridgehead atoms. The van der Waals surface area contributed by atoms with Crippen LogP contribution in [0.15, 0.2) is 30.3 Å². The number of hydrogen-bond donors (Lipinski definition) is 0. The summed E-state index contributed by atoms with van der Waals surface area (Å²) in [5.74, 6) is -0.426. The molecule has 0 spiro atoms. The highest BCUT2D eigenvalue weighted by molar-refractivity contribution is 6.21. The molecule has 1 aromatic rings. The normalized spacial score (nSPS) is 17.9. The van der Waals surface area contributed by atoms with Gasteiger partial charge in [-0.1, -0.05) is 30.3 Å². The van der Waals surface area contributed by atoms with Crippen LogP contribution in [0.3, 0.4) is 0 Å². The standard InChI is InChI=1S/C17H23ClN2O3/c1-17(2,3)23-16(22)19-10-9-14(12-19)15(21)20(18)11-13-7-5-4-6-8-13/h4-8,14H,9-12H2,1-3H3. The van der Waals surface area contributed by atoms with E-state index in [1.165, 1.54) is 4.42 Å². The summed E-state index contributed by atoms with van der Waals surface area (Å²) in [7, 11) is 0. The Morgan fingerprint density at radius 1 is 1.30 bits per heavy atom. The third-order valence-corrected chi connectivity index (χ3v) is 3.88. The average Bonchev–Trinajstić information content (AvgIpc) is 2.95. The molecule has 5 nitrogen and oxygen atoms in total. The maximum Gasteiger partial charge on any atom is 0.410 e. The van der Waals surface area contributed by atoms with Crippen molar-refractivity contribution in [1.82, 2.24) is 9.32 Å². The fourth-order valence-electron chi connectivity index (χ4n) is 2.47. The lowest BCUT2D eigenvalue weighted by Crippen LogP contribution is -2.37. The summed E-state index contributed by atoms with van der Waals surface area (Å²) in [5.41, 5.74) is 0.434. The summed E-state index contributed by atoms with van der Waals surface area (Å²) in [5, 5.41) is 0. The topological polar surface area (TPSA) is 49.9 Å². The number of amides is 2. The molecule has 0 aromatic heterocycles. The van der Waals surface area contributed by atoms with Crippen LogP contribution >= 0.6 is 11.8 Å². The van der Waals surface area contributed by atoms with Crippen molar-refractivity contribution in [2.45, 2.75) is 39.3 Å². The minimum Gasteiger partial charge on any atom is -0.444 e. The maximum atomic E-state index is 12.4. The molecule has 1 unspecified atom stereocenters. The van der Waals surface area contributed by atoms with Crippen LogP contribution in [-0.4, -0.2) is 40.0 Å². The smallest absolute Gasteiger partial charge is 0.410 e. The minimum absolute atomic E-state index is 0.151. The summed E-state index contributed by atoms with van der Waals surface area (Å²) in [4.78, 5) is 26.0. The lowest BCUT2D eigenvalue weighted by Gasteiger charge is -2.24. The highest BCUT2D eigenvalue weighted by Crippen LogP contribution is 2.23. The van der Waals surface area contributed by atoms with E-state index in [1.807, 2.05) is 51.1 Å². The molecular formula is C17H23ClN2O3. The van der Waals surface area contributed by atoms with Crippen LogP contribution in [0.25, 0.3) is 0 Å². The van der Waals surface area contributed by atoms with E-state index >= 15 is 0 Å². The fraction of sp³-hybridized carbons (Fsp3) is 0.529. The second-order valence-corrected chi connectivity index (χ2v) is 7.16. The fourth-order valence-corrected chi connectivity index (χ4v) is 2.75. The predicted molar refractivity (Wildman–Crippen MR) is 88.8 cm³/mol. The molecule has 1 atom stereocenters. The van der Waals surface area contributed by atoms with Gasteiger partial charge in [-0.05, 0) is 32.8 Å². The van der Waals surface area contributed by atoms with Crippen LogP contribution in [0.5, 0.6) is 0 Å². The van der Waals surface area contributed by atoms with Gasteiger partial charge in [-0.25, -0.2) is 9.21 Å². The number of rotatable bonds is 3. The summed E-state index contributed by atoms with van der Waals surface area (Å²) in [6.45, 7) is 6.69. The summed E-state index contributed by atoms with van der Waals surface area (Å²) < 4.78 is 6.54. The molecule has 126 valence electrons. The van der Waals surface area contributed by atoms with Gasteiger partial charge in [0.1, 0.15) is 5.60 Å². The number of carbonyl (C=O) groups excluding carboxylic acids is 2. The Kier molecular flexibility index (Phi) is 5.52. The van der Waals surface area contributed by atoms with Crippen LogP contribution < -0.4 is 0 Å². The molecule has 6 heteroatoms. The highest BCUT2D eigenvalue weighted by atomic mass is 35.5. The molecule has 1 aromatic carbocycles. The Balaban J connectivity index is 1.88. The molecule has 1 aliphatic rings. The van der Waals surface area contributed by atoms with Gasteiger partial charge in [-0.15, -0.1) is 0 Å². The average molecular weight is 339 g/mol. The van der Waals surface area contributed by atoms with E-state index in [1.54, 1.807) is 4.90 Å². The maximum absolute atomic E-state index is 12.4. The first-order chi connectivity index (χ1) is 10.8. The second-order valence-electron chi connectivity index (χ2n) is 6.76. The van der Waals surface area contributed by atoms with Gasteiger partial charge >= 0.3 is 6.09 Å². The lowest BCUT2D eigenvalue weighted by molar-refractivity contribution is -0.130. The van der Waals surface area contributed by atoms with E-state index in [4.69, 9.17) is 16.5 Å². The van der Waals surface area contributed by atoms with Crippen LogP contribution in [0.1, 0.15) is 32.8 Å². The van der Waals surface area contributed by atoms with Gasteiger partial charge in [-0.2, -0.15) is 0 Å². The molecule has 0 radical (unpaired) electrons. The number of likely N-dealkylation sites (tertiary alicyclic amines) is 1. The van der Waals surface area contributed by atoms with E-state index in [0.29, 0.717) is 26.1 Å². The number of halogens is 1. The quantitative estimate of drug-likeness (QED) is 0.793. The van der Waals surface area contributed by atoms with Gasteiger partial charge in [0.15, 0.2) is 0 Å². The number of ether oxygens (including phenoxy) is 1. The zero-order chi connectivity index (χ0) is 17.0. The van der Waals surface area contributed by atoms with Crippen LogP contribution in [0.2, 0.25) is 0 Å². The largest absolute Gasteiger partial charge is 0.444 e. The predicted octanol–water partition coefficient (Wildman–Crippen LogP) is 3.43. The van der Waals surface area contributed by atoms with E-state index in [9.17, 15) is 9.59 Å². The van der Waals surface area contributed by atoms with Crippen LogP contribution in [0.4, 0.5) is 4.79 Å². The molecule has 1 fully saturated rings. The van der Waals surface area contributed by atoms with Gasteiger partial charge in [-0.3, -0.25) is 4.79 Å². The van der Waals surface area contributed by atoms with Crippen LogP contribution in [-0.2, 0) is 16.1 Å². The molecule has 23 heavy (non-hydrogen) atoms. The number of benzene rings is 1. The van der Waals surface area contributed by atoms with E-state index in [2.05, 4.69) is 0 Å². The van der Waals surface area contributed by atoms with Crippen molar-refractivity contribution in [2.24, 2.45) is 5.92 Å². The van der Waals surface area contributed by atoms with Crippen molar-refractivity contribution in [3.05, 3.63) is 35.9 Å². The summed E-state index contributed by atoms with van der Waals surface area (Å²) >= 11 is 6.13. The molecule has 0 aliphatic carbocycles. The minimum atomic E-state index is -0.537. The Labute approximate surface area is 142 Å². The van der Waals surface area contributed by atoms with Crippen molar-refractivity contribution < 1.29 is 14.3 Å². The summed E-state index contributed by atoms with van der Waals surface area (Å²) in [6, 6.07) is 9.57. The number of carbonyl (C=O) groups is 2. The van der Waals surface area contributed by atoms with E-state index in [-0.39, 0.29) is 17.9 Å². The molecule has 2 amide bonds. The first kappa shape index (κ1) is 17.6. The first-order valence-corrected chi connectivity index (χ1v) is 8.09. The Bertz CT molecular complexity index is 557. The molecular weight excluding hydrogens is 316 g/mol. The van der Waals surface area contributed by atoms with Crippen molar-refractivity contribution in [2.75, 3.05) is 13.1 Å². The molecule has 0 N–H and O–H groups in total. The van der Waals surface area contributed by atoms with Crippen molar-refractivity contribution >= 4 is 23.8 Å². The Hall–Kier alpha value is -1.75. The molecule has 1 aliphatic heterocycles. The Morgan fingerprint density at radius 2 is 1.96 bits per heavy atom. The van der Waals surface area contributed by atoms with Crippen LogP contribution in [0, 0.1) is 5.92 Å². The molecule has 2 rings (SSSR count). The van der Waals surface area contributed by atoms with E-state index < -0.39 is 5.60 Å². The number of nitrogens with zero attached hydrogens (tertiary/aromatic N) is 2. The monoisotopic (exact) mass is 338 g/mol.